The standard InChI is InChI=1S/C13H29NOSi/c1-9-12(10(2)14-11(3)15)16(7,8)13(4,5)6/h10,12H,9H2,1-8H3,(H,14,15)/t10-,12+/m1/s1. The quantitative estimate of drug-likeness (QED) is 0.748. The molecule has 0 spiro atoms. The van der Waals surface area contributed by atoms with Crippen LogP contribution in [0.1, 0.15) is 48.0 Å². The summed E-state index contributed by atoms with van der Waals surface area (Å²) in [6, 6.07) is 0.295. The van der Waals surface area contributed by atoms with Crippen molar-refractivity contribution in [3.63, 3.8) is 0 Å². The fourth-order valence-corrected chi connectivity index (χ4v) is 5.93. The molecular formula is C13H29NOSi. The third kappa shape index (κ3) is 3.61. The van der Waals surface area contributed by atoms with E-state index in [-0.39, 0.29) is 5.91 Å². The lowest BCUT2D eigenvalue weighted by atomic mass is 10.2. The predicted molar refractivity (Wildman–Crippen MR) is 74.5 cm³/mol. The SMILES string of the molecule is CC[C@@H]([C@@H](C)NC(C)=O)[Si](C)(C)C(C)(C)C. The van der Waals surface area contributed by atoms with Crippen LogP contribution >= 0.6 is 0 Å². The van der Waals surface area contributed by atoms with Crippen molar-refractivity contribution in [2.75, 3.05) is 0 Å². The number of amides is 1. The molecule has 0 saturated heterocycles. The molecule has 0 aromatic carbocycles. The van der Waals surface area contributed by atoms with Crippen LogP contribution in [0.5, 0.6) is 0 Å². The van der Waals surface area contributed by atoms with Gasteiger partial charge in [-0.3, -0.25) is 4.79 Å². The molecule has 0 fully saturated rings. The van der Waals surface area contributed by atoms with Crippen LogP contribution in [0.25, 0.3) is 0 Å². The zero-order valence-electron chi connectivity index (χ0n) is 12.3. The van der Waals surface area contributed by atoms with Crippen LogP contribution in [0.15, 0.2) is 0 Å². The summed E-state index contributed by atoms with van der Waals surface area (Å²) < 4.78 is 0. The highest BCUT2D eigenvalue weighted by molar-refractivity contribution is 6.81. The zero-order chi connectivity index (χ0) is 13.1. The fourth-order valence-electron chi connectivity index (χ4n) is 2.47. The monoisotopic (exact) mass is 243 g/mol. The van der Waals surface area contributed by atoms with E-state index in [0.717, 1.165) is 6.42 Å². The minimum absolute atomic E-state index is 0.0876. The molecule has 3 heteroatoms. The van der Waals surface area contributed by atoms with E-state index in [1.165, 1.54) is 0 Å². The van der Waals surface area contributed by atoms with E-state index in [4.69, 9.17) is 0 Å². The Labute approximate surface area is 102 Å². The molecule has 0 aliphatic carbocycles. The van der Waals surface area contributed by atoms with Gasteiger partial charge in [0, 0.05) is 13.0 Å². The van der Waals surface area contributed by atoms with E-state index in [0.29, 0.717) is 16.6 Å². The first-order valence-corrected chi connectivity index (χ1v) is 9.38. The van der Waals surface area contributed by atoms with Gasteiger partial charge >= 0.3 is 0 Å². The molecule has 0 aliphatic rings. The predicted octanol–water partition coefficient (Wildman–Crippen LogP) is 3.80. The van der Waals surface area contributed by atoms with Crippen molar-refractivity contribution in [1.82, 2.24) is 5.32 Å². The molecule has 0 radical (unpaired) electrons. The molecule has 16 heavy (non-hydrogen) atoms. The van der Waals surface area contributed by atoms with E-state index < -0.39 is 8.07 Å². The maximum absolute atomic E-state index is 11.2. The van der Waals surface area contributed by atoms with Gasteiger partial charge in [-0.25, -0.2) is 0 Å². The van der Waals surface area contributed by atoms with Gasteiger partial charge in [-0.2, -0.15) is 0 Å². The van der Waals surface area contributed by atoms with Crippen molar-refractivity contribution in [2.45, 2.75) is 77.7 Å². The minimum Gasteiger partial charge on any atom is -0.354 e. The third-order valence-electron chi connectivity index (χ3n) is 4.33. The lowest BCUT2D eigenvalue weighted by Crippen LogP contribution is -2.50. The fraction of sp³-hybridized carbons (Fsp3) is 0.923. The van der Waals surface area contributed by atoms with E-state index in [1.54, 1.807) is 6.92 Å². The molecule has 96 valence electrons. The van der Waals surface area contributed by atoms with Gasteiger partial charge < -0.3 is 5.32 Å². The van der Waals surface area contributed by atoms with Crippen LogP contribution in [-0.2, 0) is 4.79 Å². The molecule has 1 N–H and O–H groups in total. The van der Waals surface area contributed by atoms with Crippen molar-refractivity contribution in [1.29, 1.82) is 0 Å². The molecule has 0 heterocycles. The Hall–Kier alpha value is -0.313. The summed E-state index contributed by atoms with van der Waals surface area (Å²) in [5, 5.41) is 3.44. The third-order valence-corrected chi connectivity index (χ3v) is 11.0. The van der Waals surface area contributed by atoms with Crippen molar-refractivity contribution in [3.05, 3.63) is 0 Å². The molecule has 2 nitrogen and oxygen atoms in total. The highest BCUT2D eigenvalue weighted by Gasteiger charge is 2.43. The van der Waals surface area contributed by atoms with Crippen LogP contribution in [0.2, 0.25) is 23.7 Å². The maximum Gasteiger partial charge on any atom is 0.217 e. The molecule has 0 aromatic heterocycles. The largest absolute Gasteiger partial charge is 0.354 e. The minimum atomic E-state index is -1.38. The zero-order valence-corrected chi connectivity index (χ0v) is 13.3. The molecule has 0 aliphatic heterocycles. The smallest absolute Gasteiger partial charge is 0.217 e. The van der Waals surface area contributed by atoms with Gasteiger partial charge in [-0.15, -0.1) is 0 Å². The number of hydrogen-bond donors (Lipinski definition) is 1. The average molecular weight is 243 g/mol. The van der Waals surface area contributed by atoms with Crippen molar-refractivity contribution in [2.24, 2.45) is 0 Å². The Balaban J connectivity index is 4.91. The van der Waals surface area contributed by atoms with Gasteiger partial charge in [0.25, 0.3) is 0 Å². The van der Waals surface area contributed by atoms with Crippen molar-refractivity contribution in [3.8, 4) is 0 Å². The molecule has 0 saturated carbocycles. The van der Waals surface area contributed by atoms with E-state index in [9.17, 15) is 4.79 Å². The number of carbonyl (C=O) groups is 1. The normalized spacial score (nSPS) is 16.8. The number of rotatable bonds is 4. The maximum atomic E-state index is 11.2. The van der Waals surface area contributed by atoms with Crippen molar-refractivity contribution >= 4 is 14.0 Å². The summed E-state index contributed by atoms with van der Waals surface area (Å²) in [5.41, 5.74) is 0.636. The van der Waals surface area contributed by atoms with Crippen molar-refractivity contribution < 1.29 is 4.79 Å². The van der Waals surface area contributed by atoms with Gasteiger partial charge in [0.15, 0.2) is 0 Å². The molecular weight excluding hydrogens is 214 g/mol. The summed E-state index contributed by atoms with van der Waals surface area (Å²) in [5.74, 6) is 0.0876. The Kier molecular flexibility index (Phi) is 5.24. The van der Waals surface area contributed by atoms with Crippen LogP contribution in [0.3, 0.4) is 0 Å². The van der Waals surface area contributed by atoms with E-state index in [2.05, 4.69) is 53.0 Å². The van der Waals surface area contributed by atoms with Gasteiger partial charge in [0.1, 0.15) is 0 Å². The Morgan fingerprint density at radius 2 is 1.75 bits per heavy atom. The van der Waals surface area contributed by atoms with E-state index in [1.807, 2.05) is 0 Å². The van der Waals surface area contributed by atoms with Crippen LogP contribution in [-0.4, -0.2) is 20.0 Å². The topological polar surface area (TPSA) is 29.1 Å². The second-order valence-corrected chi connectivity index (χ2v) is 12.2. The summed E-state index contributed by atoms with van der Waals surface area (Å²) in [6.07, 6.45) is 1.15. The molecule has 0 aromatic rings. The number of nitrogens with one attached hydrogen (secondary N) is 1. The first-order valence-electron chi connectivity index (χ1n) is 6.31. The second kappa shape index (κ2) is 5.35. The van der Waals surface area contributed by atoms with Gasteiger partial charge in [0.05, 0.1) is 8.07 Å². The number of carbonyl (C=O) groups excluding carboxylic acids is 1. The lowest BCUT2D eigenvalue weighted by Gasteiger charge is -2.45. The summed E-state index contributed by atoms with van der Waals surface area (Å²) in [4.78, 5) is 11.2. The van der Waals surface area contributed by atoms with Crippen LogP contribution < -0.4 is 5.32 Å². The average Bonchev–Trinajstić information content (AvgIpc) is 2.00. The van der Waals surface area contributed by atoms with Gasteiger partial charge in [-0.05, 0) is 17.5 Å². The Morgan fingerprint density at radius 3 is 2.00 bits per heavy atom. The lowest BCUT2D eigenvalue weighted by molar-refractivity contribution is -0.119. The summed E-state index contributed by atoms with van der Waals surface area (Å²) in [6.45, 7) is 17.9. The first-order chi connectivity index (χ1) is 7.04. The molecule has 0 rings (SSSR count). The van der Waals surface area contributed by atoms with Crippen LogP contribution in [0, 0.1) is 0 Å². The molecule has 2 atom stereocenters. The highest BCUT2D eigenvalue weighted by atomic mass is 28.3. The number of hydrogen-bond acceptors (Lipinski definition) is 1. The Morgan fingerprint density at radius 1 is 1.31 bits per heavy atom. The van der Waals surface area contributed by atoms with Gasteiger partial charge in [0.2, 0.25) is 5.91 Å². The molecule has 0 bridgehead atoms. The van der Waals surface area contributed by atoms with Gasteiger partial charge in [-0.1, -0.05) is 47.2 Å². The second-order valence-electron chi connectivity index (χ2n) is 6.48. The summed E-state index contributed by atoms with van der Waals surface area (Å²) in [7, 11) is -1.38. The van der Waals surface area contributed by atoms with Crippen LogP contribution in [0.4, 0.5) is 0 Å². The molecule has 1 amide bonds. The first kappa shape index (κ1) is 15.7. The van der Waals surface area contributed by atoms with E-state index >= 15 is 0 Å². The highest BCUT2D eigenvalue weighted by Crippen LogP contribution is 2.46. The Bertz CT molecular complexity index is 243. The molecule has 0 unspecified atom stereocenters. The summed E-state index contributed by atoms with van der Waals surface area (Å²) >= 11 is 0.